The van der Waals surface area contributed by atoms with Gasteiger partial charge in [0, 0.05) is 36.7 Å². The lowest BCUT2D eigenvalue weighted by molar-refractivity contribution is -0.385. The summed E-state index contributed by atoms with van der Waals surface area (Å²) in [5, 5.41) is 19.7. The predicted molar refractivity (Wildman–Crippen MR) is 153 cm³/mol. The van der Waals surface area contributed by atoms with Crippen LogP contribution in [0.25, 0.3) is 11.1 Å². The van der Waals surface area contributed by atoms with Crippen molar-refractivity contribution in [3.05, 3.63) is 86.4 Å². The van der Waals surface area contributed by atoms with Crippen LogP contribution in [0, 0.1) is 16.0 Å². The molecule has 1 aliphatic rings. The molecule has 0 bridgehead atoms. The number of halogens is 2. The molecule has 3 aromatic rings. The van der Waals surface area contributed by atoms with E-state index in [2.05, 4.69) is 16.0 Å². The van der Waals surface area contributed by atoms with Crippen LogP contribution in [0.4, 0.5) is 11.4 Å². The smallest absolute Gasteiger partial charge is 0.320 e. The van der Waals surface area contributed by atoms with Gasteiger partial charge in [0.1, 0.15) is 5.75 Å². The van der Waals surface area contributed by atoms with Crippen LogP contribution < -0.4 is 20.7 Å². The van der Waals surface area contributed by atoms with Crippen molar-refractivity contribution < 1.29 is 28.8 Å². The maximum atomic E-state index is 13.0. The third kappa shape index (κ3) is 7.31. The van der Waals surface area contributed by atoms with Crippen LogP contribution in [0.1, 0.15) is 18.0 Å². The quantitative estimate of drug-likeness (QED) is 0.133. The number of carbonyl (C=O) groups is 3. The molecular weight excluding hydrogens is 575 g/mol. The van der Waals surface area contributed by atoms with Crippen molar-refractivity contribution >= 4 is 52.4 Å². The van der Waals surface area contributed by atoms with E-state index in [1.165, 1.54) is 18.2 Å². The Hall–Kier alpha value is -4.19. The van der Waals surface area contributed by atoms with E-state index in [1.54, 1.807) is 12.1 Å². The number of esters is 1. The number of nitro groups is 1. The summed E-state index contributed by atoms with van der Waals surface area (Å²) < 4.78 is 10.3. The first-order chi connectivity index (χ1) is 19.7. The molecule has 11 nitrogen and oxygen atoms in total. The van der Waals surface area contributed by atoms with E-state index in [0.29, 0.717) is 24.3 Å². The Bertz CT molecular complexity index is 1450. The van der Waals surface area contributed by atoms with Gasteiger partial charge in [0.2, 0.25) is 11.8 Å². The molecule has 2 atom stereocenters. The van der Waals surface area contributed by atoms with Gasteiger partial charge in [-0.25, -0.2) is 0 Å². The first-order valence-corrected chi connectivity index (χ1v) is 13.3. The number of methoxy groups -OCH3 is 1. The van der Waals surface area contributed by atoms with Crippen LogP contribution in [-0.2, 0) is 19.1 Å². The first-order valence-electron chi connectivity index (χ1n) is 12.5. The number of anilines is 1. The second kappa shape index (κ2) is 13.4. The first kappa shape index (κ1) is 29.8. The van der Waals surface area contributed by atoms with Crippen molar-refractivity contribution in [1.29, 1.82) is 0 Å². The van der Waals surface area contributed by atoms with Crippen LogP contribution in [-0.4, -0.2) is 49.5 Å². The summed E-state index contributed by atoms with van der Waals surface area (Å²) in [7, 11) is 1.13. The summed E-state index contributed by atoms with van der Waals surface area (Å²) >= 11 is 12.8. The number of fused-ring (bicyclic) bond motifs is 1. The highest BCUT2D eigenvalue weighted by molar-refractivity contribution is 6.40. The number of amides is 2. The van der Waals surface area contributed by atoms with Crippen LogP contribution in [0.15, 0.2) is 60.7 Å². The molecule has 4 rings (SSSR count). The Balaban J connectivity index is 1.38. The summed E-state index contributed by atoms with van der Waals surface area (Å²) in [6, 6.07) is 16.6. The van der Waals surface area contributed by atoms with Gasteiger partial charge in [-0.15, -0.1) is 0 Å². The van der Waals surface area contributed by atoms with E-state index in [1.807, 2.05) is 30.3 Å². The Morgan fingerprint density at radius 3 is 2.44 bits per heavy atom. The van der Waals surface area contributed by atoms with E-state index in [-0.39, 0.29) is 40.6 Å². The number of carbonyl (C=O) groups excluding carboxylic acids is 3. The van der Waals surface area contributed by atoms with Crippen LogP contribution in [0.3, 0.4) is 0 Å². The number of benzene rings is 3. The highest BCUT2D eigenvalue weighted by atomic mass is 35.5. The fraction of sp³-hybridized carbons (Fsp3) is 0.250. The maximum Gasteiger partial charge on any atom is 0.320 e. The third-order valence-corrected chi connectivity index (χ3v) is 7.05. The number of nitrogens with one attached hydrogen (secondary N) is 3. The van der Waals surface area contributed by atoms with E-state index in [4.69, 9.17) is 32.7 Å². The molecular formula is C28H26Cl2N4O7. The number of non-ortho nitro benzene ring substituents is 1. The van der Waals surface area contributed by atoms with Crippen LogP contribution in [0.2, 0.25) is 10.0 Å². The Morgan fingerprint density at radius 2 is 1.78 bits per heavy atom. The molecule has 214 valence electrons. The maximum absolute atomic E-state index is 13.0. The van der Waals surface area contributed by atoms with Crippen molar-refractivity contribution in [1.82, 2.24) is 10.6 Å². The fourth-order valence-electron chi connectivity index (χ4n) is 4.33. The molecule has 0 radical (unpaired) electrons. The van der Waals surface area contributed by atoms with Crippen LogP contribution >= 0.6 is 23.2 Å². The lowest BCUT2D eigenvalue weighted by atomic mass is 10.00. The van der Waals surface area contributed by atoms with E-state index in [0.717, 1.165) is 18.2 Å². The number of ether oxygens (including phenoxy) is 2. The molecule has 1 heterocycles. The number of nitrogens with zero attached hydrogens (tertiary/aromatic N) is 1. The molecule has 0 saturated carbocycles. The topological polar surface area (TPSA) is 149 Å². The normalized spacial score (nSPS) is 14.7. The lowest BCUT2D eigenvalue weighted by Gasteiger charge is -2.26. The Morgan fingerprint density at radius 1 is 1.07 bits per heavy atom. The van der Waals surface area contributed by atoms with Gasteiger partial charge in [0.15, 0.2) is 5.92 Å². The second-order valence-corrected chi connectivity index (χ2v) is 9.91. The van der Waals surface area contributed by atoms with Gasteiger partial charge in [0.05, 0.1) is 40.9 Å². The van der Waals surface area contributed by atoms with Gasteiger partial charge in [-0.1, -0.05) is 53.5 Å². The summed E-state index contributed by atoms with van der Waals surface area (Å²) in [5.74, 6) is -3.04. The van der Waals surface area contributed by atoms with Gasteiger partial charge in [-0.2, -0.15) is 0 Å². The number of hydrogen-bond donors (Lipinski definition) is 3. The zero-order valence-electron chi connectivity index (χ0n) is 21.8. The average molecular weight is 601 g/mol. The monoisotopic (exact) mass is 600 g/mol. The molecule has 41 heavy (non-hydrogen) atoms. The standard InChI is InChI=1S/C28H26Cl2N4O7/c1-40-28(37)20(27(36)33-26-21(29)11-17(12-22(26)30)16-5-3-2-4-6-16)14-32-25(35)15-31-23-9-10-41-24-8-7-18(34(38)39)13-19(23)24/h2-8,11-13,20,23,31H,9-10,14-15H2,1H3,(H,32,35)(H,33,36)/t20-,23-/m0/s1. The summed E-state index contributed by atoms with van der Waals surface area (Å²) in [4.78, 5) is 48.7. The minimum absolute atomic E-state index is 0.0904. The molecule has 2 amide bonds. The zero-order chi connectivity index (χ0) is 29.5. The van der Waals surface area contributed by atoms with Crippen molar-refractivity contribution in [3.8, 4) is 16.9 Å². The van der Waals surface area contributed by atoms with Crippen molar-refractivity contribution in [2.75, 3.05) is 32.1 Å². The van der Waals surface area contributed by atoms with Gasteiger partial charge in [0.25, 0.3) is 5.69 Å². The molecule has 0 fully saturated rings. The number of nitro benzene ring substituents is 1. The summed E-state index contributed by atoms with van der Waals surface area (Å²) in [6.07, 6.45) is 0.485. The molecule has 0 aliphatic carbocycles. The average Bonchev–Trinajstić information content (AvgIpc) is 2.97. The summed E-state index contributed by atoms with van der Waals surface area (Å²) in [6.45, 7) is -0.167. The van der Waals surface area contributed by atoms with Crippen LogP contribution in [0.5, 0.6) is 5.75 Å². The van der Waals surface area contributed by atoms with E-state index in [9.17, 15) is 24.5 Å². The molecule has 0 aromatic heterocycles. The highest BCUT2D eigenvalue weighted by Crippen LogP contribution is 2.36. The van der Waals surface area contributed by atoms with Gasteiger partial charge < -0.3 is 25.4 Å². The second-order valence-electron chi connectivity index (χ2n) is 9.10. The number of rotatable bonds is 10. The number of hydrogen-bond acceptors (Lipinski definition) is 8. The summed E-state index contributed by atoms with van der Waals surface area (Å²) in [5.41, 5.74) is 2.21. The fourth-order valence-corrected chi connectivity index (χ4v) is 4.91. The van der Waals surface area contributed by atoms with Crippen molar-refractivity contribution in [2.24, 2.45) is 5.92 Å². The molecule has 3 N–H and O–H groups in total. The van der Waals surface area contributed by atoms with Gasteiger partial charge in [-0.05, 0) is 29.3 Å². The SMILES string of the molecule is COC(=O)[C@@H](CNC(=O)CN[C@H]1CCOc2ccc([N+](=O)[O-])cc21)C(=O)Nc1c(Cl)cc(-c2ccccc2)cc1Cl. The zero-order valence-corrected chi connectivity index (χ0v) is 23.3. The minimum Gasteiger partial charge on any atom is -0.493 e. The highest BCUT2D eigenvalue weighted by Gasteiger charge is 2.30. The molecule has 0 spiro atoms. The predicted octanol–water partition coefficient (Wildman–Crippen LogP) is 4.53. The molecule has 3 aromatic carbocycles. The lowest BCUT2D eigenvalue weighted by Crippen LogP contribution is -2.43. The molecule has 13 heteroatoms. The molecule has 1 aliphatic heterocycles. The molecule has 0 saturated heterocycles. The van der Waals surface area contributed by atoms with Gasteiger partial charge in [-0.3, -0.25) is 24.5 Å². The van der Waals surface area contributed by atoms with Crippen molar-refractivity contribution in [2.45, 2.75) is 12.5 Å². The van der Waals surface area contributed by atoms with E-state index < -0.39 is 28.6 Å². The molecule has 0 unspecified atom stereocenters. The Kier molecular flexibility index (Phi) is 9.77. The minimum atomic E-state index is -1.39. The Labute approximate surface area is 245 Å². The third-order valence-electron chi connectivity index (χ3n) is 6.46. The van der Waals surface area contributed by atoms with Crippen molar-refractivity contribution in [3.63, 3.8) is 0 Å². The largest absolute Gasteiger partial charge is 0.493 e. The van der Waals surface area contributed by atoms with Gasteiger partial charge >= 0.3 is 5.97 Å². The van der Waals surface area contributed by atoms with E-state index >= 15 is 0 Å².